The molecule has 1 aliphatic heterocycles. The second-order valence-electron chi connectivity index (χ2n) is 6.58. The van der Waals surface area contributed by atoms with Crippen LogP contribution in [0, 0.1) is 5.92 Å². The molecular formula is C19H24N4O2. The van der Waals surface area contributed by atoms with Gasteiger partial charge in [-0.2, -0.15) is 0 Å². The molecule has 0 aliphatic carbocycles. The van der Waals surface area contributed by atoms with E-state index in [2.05, 4.69) is 44.2 Å². The molecular weight excluding hydrogens is 316 g/mol. The Morgan fingerprint density at radius 3 is 2.48 bits per heavy atom. The zero-order valence-corrected chi connectivity index (χ0v) is 14.7. The van der Waals surface area contributed by atoms with Gasteiger partial charge in [-0.15, -0.1) is 10.2 Å². The lowest BCUT2D eigenvalue weighted by Crippen LogP contribution is -2.32. The van der Waals surface area contributed by atoms with Crippen LogP contribution in [0.5, 0.6) is 0 Å². The normalized spacial score (nSPS) is 15.8. The Bertz CT molecular complexity index is 692. The van der Waals surface area contributed by atoms with E-state index >= 15 is 0 Å². The number of hydrogen-bond acceptors (Lipinski definition) is 6. The number of likely N-dealkylation sites (tertiary alicyclic amines) is 1. The van der Waals surface area contributed by atoms with Crippen molar-refractivity contribution in [2.45, 2.75) is 26.3 Å². The minimum absolute atomic E-state index is 0.194. The maximum atomic E-state index is 11.4. The number of benzene rings is 1. The van der Waals surface area contributed by atoms with Crippen LogP contribution in [0.1, 0.15) is 35.8 Å². The van der Waals surface area contributed by atoms with Gasteiger partial charge in [0.1, 0.15) is 0 Å². The topological polar surface area (TPSA) is 67.3 Å². The molecule has 1 aromatic heterocycles. The van der Waals surface area contributed by atoms with Gasteiger partial charge < -0.3 is 10.1 Å². The minimum Gasteiger partial charge on any atom is -0.464 e. The highest BCUT2D eigenvalue weighted by Crippen LogP contribution is 2.20. The number of rotatable bonds is 5. The number of esters is 1. The highest BCUT2D eigenvalue weighted by Gasteiger charge is 2.15. The molecule has 3 rings (SSSR count). The number of carbonyl (C=O) groups excluding carboxylic acids is 1. The van der Waals surface area contributed by atoms with Crippen LogP contribution in [-0.4, -0.2) is 41.3 Å². The fourth-order valence-electron chi connectivity index (χ4n) is 2.93. The molecule has 0 unspecified atom stereocenters. The molecule has 1 aliphatic rings. The van der Waals surface area contributed by atoms with Crippen LogP contribution >= 0.6 is 0 Å². The van der Waals surface area contributed by atoms with E-state index < -0.39 is 5.97 Å². The van der Waals surface area contributed by atoms with Crippen molar-refractivity contribution in [2.24, 2.45) is 5.92 Å². The number of anilines is 2. The van der Waals surface area contributed by atoms with Crippen LogP contribution in [0.25, 0.3) is 0 Å². The lowest BCUT2D eigenvalue weighted by molar-refractivity contribution is 0.0593. The zero-order chi connectivity index (χ0) is 17.6. The van der Waals surface area contributed by atoms with E-state index in [1.54, 1.807) is 12.1 Å². The number of nitrogens with zero attached hydrogens (tertiary/aromatic N) is 3. The molecule has 0 spiro atoms. The number of carbonyl (C=O) groups is 1. The summed E-state index contributed by atoms with van der Waals surface area (Å²) in [4.78, 5) is 13.9. The lowest BCUT2D eigenvalue weighted by Gasteiger charge is -2.30. The summed E-state index contributed by atoms with van der Waals surface area (Å²) < 4.78 is 4.61. The van der Waals surface area contributed by atoms with Gasteiger partial charge in [0.15, 0.2) is 11.5 Å². The molecule has 1 fully saturated rings. The van der Waals surface area contributed by atoms with Crippen LogP contribution in [0.2, 0.25) is 0 Å². The molecule has 6 heteroatoms. The third kappa shape index (κ3) is 4.76. The summed E-state index contributed by atoms with van der Waals surface area (Å²) in [7, 11) is 1.32. The van der Waals surface area contributed by atoms with Gasteiger partial charge >= 0.3 is 5.97 Å². The van der Waals surface area contributed by atoms with Gasteiger partial charge in [-0.25, -0.2) is 4.79 Å². The van der Waals surface area contributed by atoms with Crippen LogP contribution in [0.3, 0.4) is 0 Å². The minimum atomic E-state index is -0.490. The molecule has 0 bridgehead atoms. The van der Waals surface area contributed by atoms with Gasteiger partial charge in [-0.3, -0.25) is 4.90 Å². The first-order chi connectivity index (χ1) is 12.1. The Hall–Kier alpha value is -2.47. The second-order valence-corrected chi connectivity index (χ2v) is 6.58. The molecule has 2 aromatic rings. The molecule has 0 amide bonds. The number of aromatic nitrogens is 2. The summed E-state index contributed by atoms with van der Waals surface area (Å²) in [6, 6.07) is 11.7. The molecule has 0 atom stereocenters. The van der Waals surface area contributed by atoms with Crippen molar-refractivity contribution in [3.63, 3.8) is 0 Å². The number of hydrogen-bond donors (Lipinski definition) is 1. The number of methoxy groups -OCH3 is 1. The van der Waals surface area contributed by atoms with Gasteiger partial charge in [-0.1, -0.05) is 19.1 Å². The van der Waals surface area contributed by atoms with E-state index in [9.17, 15) is 4.79 Å². The Morgan fingerprint density at radius 1 is 1.16 bits per heavy atom. The first-order valence-electron chi connectivity index (χ1n) is 8.64. The Kier molecular flexibility index (Phi) is 5.60. The van der Waals surface area contributed by atoms with E-state index in [-0.39, 0.29) is 5.69 Å². The number of ether oxygens (including phenoxy) is 1. The maximum absolute atomic E-state index is 11.4. The first kappa shape index (κ1) is 17.4. The zero-order valence-electron chi connectivity index (χ0n) is 14.7. The van der Waals surface area contributed by atoms with Crippen molar-refractivity contribution in [3.8, 4) is 0 Å². The number of piperidine rings is 1. The van der Waals surface area contributed by atoms with Crippen molar-refractivity contribution >= 4 is 17.5 Å². The summed E-state index contributed by atoms with van der Waals surface area (Å²) in [5.74, 6) is 0.954. The largest absolute Gasteiger partial charge is 0.464 e. The summed E-state index contributed by atoms with van der Waals surface area (Å²) in [6.45, 7) is 5.70. The van der Waals surface area contributed by atoms with Crippen molar-refractivity contribution in [2.75, 3.05) is 25.5 Å². The average molecular weight is 340 g/mol. The molecule has 1 N–H and O–H groups in total. The highest BCUT2D eigenvalue weighted by molar-refractivity contribution is 5.87. The molecule has 0 radical (unpaired) electrons. The van der Waals surface area contributed by atoms with E-state index in [1.807, 2.05) is 12.1 Å². The molecule has 1 aromatic carbocycles. The quantitative estimate of drug-likeness (QED) is 0.843. The highest BCUT2D eigenvalue weighted by atomic mass is 16.5. The average Bonchev–Trinajstić information content (AvgIpc) is 2.65. The SMILES string of the molecule is COC(=O)c1ccc(Nc2ccc(CN3CCC(C)CC3)cc2)nn1. The van der Waals surface area contributed by atoms with E-state index in [4.69, 9.17) is 0 Å². The molecule has 0 saturated carbocycles. The second kappa shape index (κ2) is 8.07. The van der Waals surface area contributed by atoms with Crippen molar-refractivity contribution < 1.29 is 9.53 Å². The van der Waals surface area contributed by atoms with Gasteiger partial charge in [0.25, 0.3) is 0 Å². The Balaban J connectivity index is 1.56. The fourth-order valence-corrected chi connectivity index (χ4v) is 2.93. The van der Waals surface area contributed by atoms with Crippen LogP contribution < -0.4 is 5.32 Å². The first-order valence-corrected chi connectivity index (χ1v) is 8.64. The standard InChI is InChI=1S/C19H24N4O2/c1-14-9-11-23(12-10-14)13-15-3-5-16(6-4-15)20-18-8-7-17(21-22-18)19(24)25-2/h3-8,14H,9-13H2,1-2H3,(H,20,22). The molecule has 1 saturated heterocycles. The van der Waals surface area contributed by atoms with E-state index in [0.717, 1.165) is 18.2 Å². The van der Waals surface area contributed by atoms with Gasteiger partial charge in [0.2, 0.25) is 0 Å². The summed E-state index contributed by atoms with van der Waals surface area (Å²) in [5, 5.41) is 11.0. The predicted molar refractivity (Wildman–Crippen MR) is 96.8 cm³/mol. The van der Waals surface area contributed by atoms with Crippen LogP contribution in [-0.2, 0) is 11.3 Å². The molecule has 2 heterocycles. The third-order valence-corrected chi connectivity index (χ3v) is 4.57. The molecule has 132 valence electrons. The van der Waals surface area contributed by atoms with Gasteiger partial charge in [0.05, 0.1) is 7.11 Å². The van der Waals surface area contributed by atoms with Crippen LogP contribution in [0.15, 0.2) is 36.4 Å². The van der Waals surface area contributed by atoms with Crippen LogP contribution in [0.4, 0.5) is 11.5 Å². The van der Waals surface area contributed by atoms with E-state index in [1.165, 1.54) is 38.6 Å². The van der Waals surface area contributed by atoms with Crippen molar-refractivity contribution in [3.05, 3.63) is 47.7 Å². The Morgan fingerprint density at radius 2 is 1.88 bits per heavy atom. The van der Waals surface area contributed by atoms with Gasteiger partial charge in [-0.05, 0) is 61.7 Å². The summed E-state index contributed by atoms with van der Waals surface area (Å²) >= 11 is 0. The van der Waals surface area contributed by atoms with Crippen molar-refractivity contribution in [1.82, 2.24) is 15.1 Å². The van der Waals surface area contributed by atoms with Gasteiger partial charge in [0, 0.05) is 12.2 Å². The molecule has 25 heavy (non-hydrogen) atoms. The summed E-state index contributed by atoms with van der Waals surface area (Å²) in [6.07, 6.45) is 2.58. The Labute approximate surface area is 148 Å². The summed E-state index contributed by atoms with van der Waals surface area (Å²) in [5.41, 5.74) is 2.45. The molecule has 6 nitrogen and oxygen atoms in total. The predicted octanol–water partition coefficient (Wildman–Crippen LogP) is 3.24. The lowest BCUT2D eigenvalue weighted by atomic mass is 9.99. The fraction of sp³-hybridized carbons (Fsp3) is 0.421. The number of nitrogens with one attached hydrogen (secondary N) is 1. The smallest absolute Gasteiger partial charge is 0.358 e. The van der Waals surface area contributed by atoms with Crippen molar-refractivity contribution in [1.29, 1.82) is 0 Å². The third-order valence-electron chi connectivity index (χ3n) is 4.57. The van der Waals surface area contributed by atoms with E-state index in [0.29, 0.717) is 5.82 Å². The monoisotopic (exact) mass is 340 g/mol. The maximum Gasteiger partial charge on any atom is 0.358 e.